The molecule has 4 N–H and O–H groups in total. The highest BCUT2D eigenvalue weighted by atomic mass is 32.2. The van der Waals surface area contributed by atoms with Crippen LogP contribution in [0.3, 0.4) is 0 Å². The summed E-state index contributed by atoms with van der Waals surface area (Å²) in [5.41, 5.74) is 0. The zero-order valence-electron chi connectivity index (χ0n) is 11.2. The van der Waals surface area contributed by atoms with Crippen LogP contribution in [0.4, 0.5) is 6.01 Å². The van der Waals surface area contributed by atoms with Crippen molar-refractivity contribution in [1.82, 2.24) is 15.5 Å². The Morgan fingerprint density at radius 3 is 2.74 bits per heavy atom. The molecule has 0 saturated carbocycles. The molecule has 0 saturated heterocycles. The third kappa shape index (κ3) is 6.50. The molecule has 19 heavy (non-hydrogen) atoms. The van der Waals surface area contributed by atoms with Crippen molar-refractivity contribution in [1.29, 1.82) is 0 Å². The third-order valence-corrected chi connectivity index (χ3v) is 3.25. The number of primary sulfonamides is 1. The first kappa shape index (κ1) is 15.9. The molecule has 0 aliphatic rings. The van der Waals surface area contributed by atoms with Gasteiger partial charge in [0.15, 0.2) is 0 Å². The Kier molecular flexibility index (Phi) is 6.19. The molecule has 1 atom stereocenters. The van der Waals surface area contributed by atoms with Gasteiger partial charge in [0.1, 0.15) is 0 Å². The van der Waals surface area contributed by atoms with Crippen LogP contribution in [0.15, 0.2) is 4.42 Å². The molecule has 9 heteroatoms. The van der Waals surface area contributed by atoms with Crippen molar-refractivity contribution in [2.75, 3.05) is 24.2 Å². The van der Waals surface area contributed by atoms with E-state index < -0.39 is 10.0 Å². The van der Waals surface area contributed by atoms with Gasteiger partial charge in [-0.05, 0) is 26.3 Å². The monoisotopic (exact) mass is 291 g/mol. The van der Waals surface area contributed by atoms with Crippen LogP contribution in [-0.2, 0) is 10.0 Å². The minimum Gasteiger partial charge on any atom is -0.406 e. The molecule has 1 unspecified atom stereocenters. The second-order valence-corrected chi connectivity index (χ2v) is 6.00. The number of hydrogen-bond acceptors (Lipinski definition) is 7. The summed E-state index contributed by atoms with van der Waals surface area (Å²) in [6.07, 6.45) is 1.41. The summed E-state index contributed by atoms with van der Waals surface area (Å²) in [7, 11) is -3.41. The van der Waals surface area contributed by atoms with E-state index in [-0.39, 0.29) is 17.8 Å². The van der Waals surface area contributed by atoms with Crippen molar-refractivity contribution in [3.63, 3.8) is 0 Å². The molecule has 0 bridgehead atoms. The first-order valence-corrected chi connectivity index (χ1v) is 7.95. The molecule has 0 aliphatic carbocycles. The smallest absolute Gasteiger partial charge is 0.315 e. The number of nitrogens with one attached hydrogen (secondary N) is 2. The lowest BCUT2D eigenvalue weighted by Crippen LogP contribution is -2.19. The van der Waals surface area contributed by atoms with Crippen LogP contribution in [0, 0.1) is 0 Å². The molecule has 110 valence electrons. The normalized spacial score (nSPS) is 13.4. The zero-order chi connectivity index (χ0) is 14.3. The number of hydrogen-bond donors (Lipinski definition) is 3. The van der Waals surface area contributed by atoms with Gasteiger partial charge >= 0.3 is 6.01 Å². The summed E-state index contributed by atoms with van der Waals surface area (Å²) in [6.45, 7) is 5.30. The number of rotatable bonds is 9. The lowest BCUT2D eigenvalue weighted by Gasteiger charge is -2.07. The predicted octanol–water partition coefficient (Wildman–Crippen LogP) is 0.221. The summed E-state index contributed by atoms with van der Waals surface area (Å²) < 4.78 is 26.9. The van der Waals surface area contributed by atoms with Gasteiger partial charge in [0.25, 0.3) is 0 Å². The fourth-order valence-electron chi connectivity index (χ4n) is 1.40. The Morgan fingerprint density at radius 1 is 1.37 bits per heavy atom. The average Bonchev–Trinajstić information content (AvgIpc) is 2.79. The minimum absolute atomic E-state index is 0.00702. The Hall–Kier alpha value is -1.19. The molecular formula is C10H21N5O3S. The summed E-state index contributed by atoms with van der Waals surface area (Å²) >= 11 is 0. The highest BCUT2D eigenvalue weighted by Crippen LogP contribution is 2.13. The van der Waals surface area contributed by atoms with E-state index in [9.17, 15) is 8.42 Å². The van der Waals surface area contributed by atoms with Gasteiger partial charge in [-0.1, -0.05) is 12.0 Å². The molecule has 0 amide bonds. The summed E-state index contributed by atoms with van der Waals surface area (Å²) in [5, 5.41) is 18.7. The molecule has 1 heterocycles. The Balaban J connectivity index is 2.34. The fraction of sp³-hybridized carbons (Fsp3) is 0.800. The van der Waals surface area contributed by atoms with Gasteiger partial charge in [0.2, 0.25) is 15.9 Å². The maximum Gasteiger partial charge on any atom is 0.315 e. The predicted molar refractivity (Wildman–Crippen MR) is 72.1 cm³/mol. The van der Waals surface area contributed by atoms with Gasteiger partial charge in [-0.2, -0.15) is 0 Å². The summed E-state index contributed by atoms with van der Waals surface area (Å²) in [5.74, 6) is 0.428. The molecule has 0 radical (unpaired) electrons. The standard InChI is InChI=1S/C10H21N5O3S/c1-3-5-12-8(2)9-14-15-10(18-9)13-6-4-7-19(11,16)17/h8,12H,3-7H2,1-2H3,(H,13,15)(H2,11,16,17). The number of nitrogens with zero attached hydrogens (tertiary/aromatic N) is 2. The number of anilines is 1. The summed E-state index contributed by atoms with van der Waals surface area (Å²) in [4.78, 5) is 0. The third-order valence-electron chi connectivity index (χ3n) is 2.39. The highest BCUT2D eigenvalue weighted by Gasteiger charge is 2.12. The van der Waals surface area contributed by atoms with E-state index in [1.807, 2.05) is 6.92 Å². The summed E-state index contributed by atoms with van der Waals surface area (Å²) in [6, 6.07) is 0.280. The van der Waals surface area contributed by atoms with Crippen molar-refractivity contribution >= 4 is 16.0 Å². The van der Waals surface area contributed by atoms with E-state index in [0.29, 0.717) is 18.9 Å². The van der Waals surface area contributed by atoms with Crippen LogP contribution in [0.2, 0.25) is 0 Å². The van der Waals surface area contributed by atoms with E-state index in [2.05, 4.69) is 27.8 Å². The highest BCUT2D eigenvalue weighted by molar-refractivity contribution is 7.89. The molecule has 8 nitrogen and oxygen atoms in total. The van der Waals surface area contributed by atoms with Crippen molar-refractivity contribution in [2.24, 2.45) is 5.14 Å². The molecule has 0 aliphatic heterocycles. The first-order valence-electron chi connectivity index (χ1n) is 6.23. The number of aromatic nitrogens is 2. The molecular weight excluding hydrogens is 270 g/mol. The van der Waals surface area contributed by atoms with Crippen LogP contribution < -0.4 is 15.8 Å². The fourth-order valence-corrected chi connectivity index (χ4v) is 1.94. The van der Waals surface area contributed by atoms with E-state index in [1.165, 1.54) is 0 Å². The Bertz CT molecular complexity index is 473. The largest absolute Gasteiger partial charge is 0.406 e. The maximum absolute atomic E-state index is 10.7. The van der Waals surface area contributed by atoms with E-state index in [4.69, 9.17) is 9.56 Å². The molecule has 1 aromatic heterocycles. The van der Waals surface area contributed by atoms with E-state index in [0.717, 1.165) is 13.0 Å². The van der Waals surface area contributed by atoms with Crippen LogP contribution in [0.5, 0.6) is 0 Å². The molecule has 1 rings (SSSR count). The maximum atomic E-state index is 10.7. The van der Waals surface area contributed by atoms with Gasteiger partial charge in [-0.25, -0.2) is 13.6 Å². The lowest BCUT2D eigenvalue weighted by atomic mass is 10.3. The van der Waals surface area contributed by atoms with Crippen LogP contribution >= 0.6 is 0 Å². The zero-order valence-corrected chi connectivity index (χ0v) is 12.0. The quantitative estimate of drug-likeness (QED) is 0.556. The van der Waals surface area contributed by atoms with Crippen molar-refractivity contribution in [3.05, 3.63) is 5.89 Å². The molecule has 1 aromatic rings. The molecule has 0 aromatic carbocycles. The second-order valence-electron chi connectivity index (χ2n) is 4.27. The second kappa shape index (κ2) is 7.41. The van der Waals surface area contributed by atoms with Crippen molar-refractivity contribution in [2.45, 2.75) is 32.7 Å². The number of nitrogens with two attached hydrogens (primary N) is 1. The number of sulfonamides is 1. The topological polar surface area (TPSA) is 123 Å². The first-order chi connectivity index (χ1) is 8.92. The molecule has 0 spiro atoms. The van der Waals surface area contributed by atoms with Gasteiger partial charge in [-0.15, -0.1) is 5.10 Å². The van der Waals surface area contributed by atoms with Gasteiger partial charge < -0.3 is 15.1 Å². The van der Waals surface area contributed by atoms with Crippen molar-refractivity contribution < 1.29 is 12.8 Å². The van der Waals surface area contributed by atoms with Crippen LogP contribution in [0.25, 0.3) is 0 Å². The Morgan fingerprint density at radius 2 is 2.11 bits per heavy atom. The minimum atomic E-state index is -3.41. The van der Waals surface area contributed by atoms with E-state index in [1.54, 1.807) is 0 Å². The SMILES string of the molecule is CCCNC(C)c1nnc(NCCCS(N)(=O)=O)o1. The lowest BCUT2D eigenvalue weighted by molar-refractivity contribution is 0.423. The van der Waals surface area contributed by atoms with Crippen molar-refractivity contribution in [3.8, 4) is 0 Å². The van der Waals surface area contributed by atoms with Gasteiger partial charge in [0.05, 0.1) is 11.8 Å². The Labute approximate surface area is 113 Å². The molecule has 0 fully saturated rings. The van der Waals surface area contributed by atoms with Crippen LogP contribution in [-0.4, -0.2) is 37.5 Å². The van der Waals surface area contributed by atoms with Gasteiger partial charge in [0, 0.05) is 6.54 Å². The van der Waals surface area contributed by atoms with E-state index >= 15 is 0 Å². The van der Waals surface area contributed by atoms with Gasteiger partial charge in [-0.3, -0.25) is 0 Å². The van der Waals surface area contributed by atoms with Crippen LogP contribution in [0.1, 0.15) is 38.6 Å². The average molecular weight is 291 g/mol.